The van der Waals surface area contributed by atoms with Crippen molar-refractivity contribution >= 4 is 11.4 Å². The van der Waals surface area contributed by atoms with Crippen LogP contribution in [0.2, 0.25) is 0 Å². The number of anilines is 2. The van der Waals surface area contributed by atoms with Gasteiger partial charge in [-0.2, -0.15) is 0 Å². The van der Waals surface area contributed by atoms with Crippen LogP contribution in [-0.4, -0.2) is 6.54 Å². The van der Waals surface area contributed by atoms with Crippen LogP contribution in [0.3, 0.4) is 0 Å². The quantitative estimate of drug-likeness (QED) is 0.846. The smallest absolute Gasteiger partial charge is 0.253 e. The molecule has 104 valence electrons. The third kappa shape index (κ3) is 1.83. The Bertz CT molecular complexity index is 721. The van der Waals surface area contributed by atoms with Gasteiger partial charge in [-0.25, -0.2) is 0 Å². The molecule has 4 heteroatoms. The van der Waals surface area contributed by atoms with E-state index in [0.717, 1.165) is 19.4 Å². The van der Waals surface area contributed by atoms with Crippen LogP contribution in [0.15, 0.2) is 27.8 Å². The van der Waals surface area contributed by atoms with Crippen molar-refractivity contribution in [2.45, 2.75) is 32.7 Å². The van der Waals surface area contributed by atoms with Gasteiger partial charge in [0.2, 0.25) is 0 Å². The molecule has 1 heterocycles. The fourth-order valence-electron chi connectivity index (χ4n) is 3.27. The molecule has 4 nitrogen and oxygen atoms in total. The first-order chi connectivity index (χ1) is 9.49. The van der Waals surface area contributed by atoms with E-state index in [9.17, 15) is 9.59 Å². The van der Waals surface area contributed by atoms with Crippen molar-refractivity contribution in [2.75, 3.05) is 17.2 Å². The molecule has 2 N–H and O–H groups in total. The Kier molecular flexibility index (Phi) is 2.89. The molecule has 20 heavy (non-hydrogen) atoms. The van der Waals surface area contributed by atoms with Crippen LogP contribution in [0.5, 0.6) is 0 Å². The number of hydrogen-bond donors (Lipinski definition) is 1. The number of aryl methyl sites for hydroxylation is 2. The monoisotopic (exact) mass is 270 g/mol. The summed E-state index contributed by atoms with van der Waals surface area (Å²) in [6.45, 7) is 4.93. The number of benzene rings is 1. The van der Waals surface area contributed by atoms with E-state index < -0.39 is 10.9 Å². The lowest BCUT2D eigenvalue weighted by Crippen LogP contribution is -2.42. The summed E-state index contributed by atoms with van der Waals surface area (Å²) in [6, 6.07) is 6.59. The minimum Gasteiger partial charge on any atom is -0.394 e. The zero-order chi connectivity index (χ0) is 14.4. The van der Waals surface area contributed by atoms with Gasteiger partial charge in [-0.05, 0) is 32.3 Å². The van der Waals surface area contributed by atoms with Gasteiger partial charge in [0.05, 0.1) is 6.04 Å². The topological polar surface area (TPSA) is 63.4 Å². The lowest BCUT2D eigenvalue weighted by atomic mass is 9.99. The first-order valence-electron chi connectivity index (χ1n) is 6.92. The largest absolute Gasteiger partial charge is 0.394 e. The molecule has 1 saturated heterocycles. The minimum atomic E-state index is -0.536. The Morgan fingerprint density at radius 2 is 1.75 bits per heavy atom. The molecule has 1 atom stereocenters. The summed E-state index contributed by atoms with van der Waals surface area (Å²) in [4.78, 5) is 25.1. The number of nitrogens with zero attached hydrogens (tertiary/aromatic N) is 1. The molecule has 0 amide bonds. The van der Waals surface area contributed by atoms with Crippen molar-refractivity contribution < 1.29 is 0 Å². The van der Waals surface area contributed by atoms with Gasteiger partial charge >= 0.3 is 0 Å². The first kappa shape index (κ1) is 12.9. The summed E-state index contributed by atoms with van der Waals surface area (Å²) in [5.74, 6) is 0. The predicted molar refractivity (Wildman–Crippen MR) is 81.0 cm³/mol. The van der Waals surface area contributed by atoms with E-state index in [4.69, 9.17) is 5.73 Å². The van der Waals surface area contributed by atoms with Crippen molar-refractivity contribution in [1.29, 1.82) is 0 Å². The Morgan fingerprint density at radius 3 is 2.35 bits per heavy atom. The van der Waals surface area contributed by atoms with Crippen molar-refractivity contribution in [1.82, 2.24) is 0 Å². The van der Waals surface area contributed by atoms with Gasteiger partial charge in [0.1, 0.15) is 11.4 Å². The van der Waals surface area contributed by atoms with Crippen LogP contribution >= 0.6 is 0 Å². The highest BCUT2D eigenvalue weighted by atomic mass is 16.2. The second-order valence-corrected chi connectivity index (χ2v) is 5.69. The van der Waals surface area contributed by atoms with Crippen molar-refractivity contribution in [3.8, 4) is 0 Å². The van der Waals surface area contributed by atoms with Gasteiger partial charge in [0.15, 0.2) is 0 Å². The maximum Gasteiger partial charge on any atom is 0.253 e. The molecule has 0 aliphatic carbocycles. The van der Waals surface area contributed by atoms with E-state index in [0.29, 0.717) is 5.69 Å². The molecule has 0 spiro atoms. The fourth-order valence-corrected chi connectivity index (χ4v) is 3.27. The zero-order valence-corrected chi connectivity index (χ0v) is 11.8. The van der Waals surface area contributed by atoms with E-state index in [1.807, 2.05) is 4.90 Å². The predicted octanol–water partition coefficient (Wildman–Crippen LogP) is 1.82. The van der Waals surface area contributed by atoms with Crippen LogP contribution in [-0.2, 0) is 0 Å². The van der Waals surface area contributed by atoms with Gasteiger partial charge in [-0.3, -0.25) is 9.59 Å². The van der Waals surface area contributed by atoms with Crippen molar-refractivity contribution in [3.63, 3.8) is 0 Å². The molecule has 0 bridgehead atoms. The highest BCUT2D eigenvalue weighted by Crippen LogP contribution is 2.37. The van der Waals surface area contributed by atoms with Gasteiger partial charge in [-0.15, -0.1) is 0 Å². The fraction of sp³-hybridized carbons (Fsp3) is 0.375. The van der Waals surface area contributed by atoms with Gasteiger partial charge in [0.25, 0.3) is 10.9 Å². The van der Waals surface area contributed by atoms with Gasteiger partial charge < -0.3 is 10.6 Å². The van der Waals surface area contributed by atoms with Crippen molar-refractivity contribution in [3.05, 3.63) is 55.3 Å². The normalized spacial score (nSPS) is 18.9. The lowest BCUT2D eigenvalue weighted by Gasteiger charge is -2.29. The van der Waals surface area contributed by atoms with E-state index in [1.165, 1.54) is 16.7 Å². The molecule has 2 aromatic rings. The second kappa shape index (κ2) is 4.47. The van der Waals surface area contributed by atoms with Crippen LogP contribution in [0.25, 0.3) is 0 Å². The SMILES string of the molecule is Cc1cc(C)cc(C2CCCN2c2c(N)c(=O)c2=O)c1. The van der Waals surface area contributed by atoms with E-state index in [1.54, 1.807) is 0 Å². The van der Waals surface area contributed by atoms with Gasteiger partial charge in [0, 0.05) is 6.54 Å². The van der Waals surface area contributed by atoms with E-state index in [-0.39, 0.29) is 11.7 Å². The molecule has 1 unspecified atom stereocenters. The third-order valence-electron chi connectivity index (χ3n) is 4.09. The maximum absolute atomic E-state index is 11.7. The number of hydrogen-bond acceptors (Lipinski definition) is 4. The van der Waals surface area contributed by atoms with Gasteiger partial charge in [-0.1, -0.05) is 29.3 Å². The Balaban J connectivity index is 2.01. The third-order valence-corrected chi connectivity index (χ3v) is 4.09. The van der Waals surface area contributed by atoms with Crippen LogP contribution in [0.4, 0.5) is 11.4 Å². The summed E-state index contributed by atoms with van der Waals surface area (Å²) in [7, 11) is 0. The lowest BCUT2D eigenvalue weighted by molar-refractivity contribution is 0.714. The molecule has 1 aliphatic heterocycles. The Morgan fingerprint density at radius 1 is 1.10 bits per heavy atom. The standard InChI is InChI=1S/C16H18N2O2/c1-9-6-10(2)8-11(7-9)12-4-3-5-18(12)14-13(17)15(19)16(14)20/h6-8,12H,3-5,17H2,1-2H3. The van der Waals surface area contributed by atoms with E-state index in [2.05, 4.69) is 32.0 Å². The minimum absolute atomic E-state index is 0.131. The zero-order valence-electron chi connectivity index (χ0n) is 11.8. The summed E-state index contributed by atoms with van der Waals surface area (Å²) in [5.41, 5.74) is 8.92. The van der Waals surface area contributed by atoms with Crippen LogP contribution < -0.4 is 21.5 Å². The van der Waals surface area contributed by atoms with Crippen LogP contribution in [0.1, 0.15) is 35.6 Å². The molecule has 0 saturated carbocycles. The average Bonchev–Trinajstić information content (AvgIpc) is 2.86. The number of rotatable bonds is 2. The molecular weight excluding hydrogens is 252 g/mol. The Hall–Kier alpha value is -2.10. The van der Waals surface area contributed by atoms with Crippen LogP contribution in [0, 0.1) is 13.8 Å². The highest BCUT2D eigenvalue weighted by molar-refractivity contribution is 5.73. The molecule has 0 radical (unpaired) electrons. The Labute approximate surface area is 117 Å². The molecule has 3 rings (SSSR count). The summed E-state index contributed by atoms with van der Waals surface area (Å²) >= 11 is 0. The first-order valence-corrected chi connectivity index (χ1v) is 6.92. The summed E-state index contributed by atoms with van der Waals surface area (Å²) in [5, 5.41) is 0. The molecule has 1 fully saturated rings. The molecule has 1 aliphatic rings. The number of nitrogen functional groups attached to an aromatic ring is 1. The van der Waals surface area contributed by atoms with E-state index >= 15 is 0 Å². The summed E-state index contributed by atoms with van der Waals surface area (Å²) < 4.78 is 0. The average molecular weight is 270 g/mol. The van der Waals surface area contributed by atoms with Crippen molar-refractivity contribution in [2.24, 2.45) is 0 Å². The molecular formula is C16H18N2O2. The highest BCUT2D eigenvalue weighted by Gasteiger charge is 2.33. The summed E-state index contributed by atoms with van der Waals surface area (Å²) in [6.07, 6.45) is 2.00. The molecule has 2 aromatic carbocycles. The molecule has 0 aromatic heterocycles. The maximum atomic E-state index is 11.7. The second-order valence-electron chi connectivity index (χ2n) is 5.69. The number of nitrogens with two attached hydrogens (primary N) is 1.